The third kappa shape index (κ3) is 2.71. The van der Waals surface area contributed by atoms with Gasteiger partial charge in [-0.15, -0.1) is 0 Å². The van der Waals surface area contributed by atoms with Crippen LogP contribution in [0, 0.1) is 0 Å². The molecule has 0 bridgehead atoms. The number of amides is 1. The summed E-state index contributed by atoms with van der Waals surface area (Å²) in [5, 5.41) is 8.60. The van der Waals surface area contributed by atoms with Crippen molar-refractivity contribution < 1.29 is 24.2 Å². The summed E-state index contributed by atoms with van der Waals surface area (Å²) in [7, 11) is 0. The highest BCUT2D eigenvalue weighted by Gasteiger charge is 2.24. The first-order valence-corrected chi connectivity index (χ1v) is 5.56. The van der Waals surface area contributed by atoms with Crippen molar-refractivity contribution in [1.29, 1.82) is 0 Å². The number of ether oxygens (including phenoxy) is 2. The zero-order valence-corrected chi connectivity index (χ0v) is 9.67. The number of benzene rings is 1. The Balaban J connectivity index is 2.20. The smallest absolute Gasteiger partial charge is 0.414 e. The summed E-state index contributed by atoms with van der Waals surface area (Å²) in [4.78, 5) is 23.6. The average Bonchev–Trinajstić information content (AvgIpc) is 2.37. The number of hydrogen-bond acceptors (Lipinski definition) is 4. The van der Waals surface area contributed by atoms with Crippen LogP contribution in [-0.4, -0.2) is 36.9 Å². The molecule has 18 heavy (non-hydrogen) atoms. The number of rotatable bonds is 4. The van der Waals surface area contributed by atoms with Gasteiger partial charge in [0.15, 0.2) is 6.61 Å². The second kappa shape index (κ2) is 5.39. The lowest BCUT2D eigenvalue weighted by atomic mass is 10.2. The molecule has 1 saturated heterocycles. The number of para-hydroxylation sites is 2. The Bertz CT molecular complexity index is 460. The van der Waals surface area contributed by atoms with Gasteiger partial charge in [-0.1, -0.05) is 12.1 Å². The van der Waals surface area contributed by atoms with Crippen LogP contribution < -0.4 is 9.64 Å². The molecule has 0 aliphatic carbocycles. The van der Waals surface area contributed by atoms with Crippen LogP contribution in [0.4, 0.5) is 10.5 Å². The molecule has 96 valence electrons. The number of carbonyl (C=O) groups excluding carboxylic acids is 1. The lowest BCUT2D eigenvalue weighted by Crippen LogP contribution is -2.38. The van der Waals surface area contributed by atoms with Crippen LogP contribution >= 0.6 is 0 Å². The summed E-state index contributed by atoms with van der Waals surface area (Å²) in [6.45, 7) is 0.500. The molecule has 0 saturated carbocycles. The van der Waals surface area contributed by atoms with Crippen molar-refractivity contribution in [1.82, 2.24) is 0 Å². The molecule has 0 unspecified atom stereocenters. The maximum Gasteiger partial charge on any atom is 0.414 e. The first-order chi connectivity index (χ1) is 8.68. The summed E-state index contributed by atoms with van der Waals surface area (Å²) in [6.07, 6.45) is 0.298. The Morgan fingerprint density at radius 2 is 2.22 bits per heavy atom. The van der Waals surface area contributed by atoms with E-state index in [-0.39, 0.29) is 0 Å². The molecule has 2 rings (SSSR count). The van der Waals surface area contributed by atoms with E-state index in [1.54, 1.807) is 24.3 Å². The lowest BCUT2D eigenvalue weighted by molar-refractivity contribution is -0.139. The normalized spacial score (nSPS) is 15.1. The largest absolute Gasteiger partial charge is 0.480 e. The Kier molecular flexibility index (Phi) is 3.66. The molecular weight excluding hydrogens is 238 g/mol. The molecule has 0 aromatic heterocycles. The molecule has 1 amide bonds. The van der Waals surface area contributed by atoms with Gasteiger partial charge in [0, 0.05) is 6.54 Å². The van der Waals surface area contributed by atoms with E-state index in [1.807, 2.05) is 0 Å². The van der Waals surface area contributed by atoms with Crippen LogP contribution in [0.5, 0.6) is 5.75 Å². The first kappa shape index (κ1) is 12.2. The van der Waals surface area contributed by atoms with Gasteiger partial charge in [0.2, 0.25) is 0 Å². The van der Waals surface area contributed by atoms with Crippen molar-refractivity contribution in [3.63, 3.8) is 0 Å². The fourth-order valence-electron chi connectivity index (χ4n) is 1.71. The Labute approximate surface area is 104 Å². The van der Waals surface area contributed by atoms with Gasteiger partial charge in [0.1, 0.15) is 5.75 Å². The van der Waals surface area contributed by atoms with Crippen LogP contribution in [-0.2, 0) is 9.53 Å². The van der Waals surface area contributed by atoms with E-state index < -0.39 is 18.7 Å². The van der Waals surface area contributed by atoms with Gasteiger partial charge in [0.25, 0.3) is 0 Å². The minimum absolute atomic E-state index is 0.360. The van der Waals surface area contributed by atoms with Gasteiger partial charge < -0.3 is 14.6 Å². The lowest BCUT2D eigenvalue weighted by Gasteiger charge is -2.27. The second-order valence-corrected chi connectivity index (χ2v) is 3.77. The molecule has 1 heterocycles. The number of carbonyl (C=O) groups is 2. The summed E-state index contributed by atoms with van der Waals surface area (Å²) in [5.74, 6) is -0.704. The number of hydrogen-bond donors (Lipinski definition) is 1. The number of aliphatic carboxylic acids is 1. The molecule has 1 aromatic carbocycles. The van der Waals surface area contributed by atoms with Gasteiger partial charge in [-0.3, -0.25) is 4.90 Å². The maximum absolute atomic E-state index is 11.6. The van der Waals surface area contributed by atoms with Gasteiger partial charge in [0.05, 0.1) is 12.3 Å². The Morgan fingerprint density at radius 1 is 1.44 bits per heavy atom. The van der Waals surface area contributed by atoms with E-state index in [0.29, 0.717) is 24.6 Å². The molecule has 1 fully saturated rings. The van der Waals surface area contributed by atoms with Crippen molar-refractivity contribution in [2.45, 2.75) is 6.42 Å². The molecular formula is C12H13NO5. The Morgan fingerprint density at radius 3 is 2.94 bits per heavy atom. The number of cyclic esters (lactones) is 1. The van der Waals surface area contributed by atoms with Crippen LogP contribution in [0.2, 0.25) is 0 Å². The van der Waals surface area contributed by atoms with Crippen LogP contribution in [0.3, 0.4) is 0 Å². The molecule has 1 aromatic rings. The standard InChI is InChI=1S/C12H13NO5/c14-11(15)8-18-10-5-2-1-4-9(10)13-6-3-7-17-12(13)16/h1-2,4-5H,3,6-8H2,(H,14,15). The topological polar surface area (TPSA) is 76.1 Å². The highest BCUT2D eigenvalue weighted by atomic mass is 16.6. The number of nitrogens with zero attached hydrogens (tertiary/aromatic N) is 1. The zero-order valence-electron chi connectivity index (χ0n) is 9.67. The quantitative estimate of drug-likeness (QED) is 0.877. The first-order valence-electron chi connectivity index (χ1n) is 5.56. The monoisotopic (exact) mass is 251 g/mol. The maximum atomic E-state index is 11.6. The van der Waals surface area contributed by atoms with Crippen molar-refractivity contribution in [3.8, 4) is 5.75 Å². The molecule has 0 spiro atoms. The molecule has 1 N–H and O–H groups in total. The number of carboxylic acids is 1. The molecule has 6 heteroatoms. The molecule has 0 atom stereocenters. The third-order valence-electron chi connectivity index (χ3n) is 2.48. The predicted molar refractivity (Wildman–Crippen MR) is 62.9 cm³/mol. The molecule has 1 aliphatic heterocycles. The van der Waals surface area contributed by atoms with E-state index in [1.165, 1.54) is 4.90 Å². The van der Waals surface area contributed by atoms with E-state index in [4.69, 9.17) is 14.6 Å². The van der Waals surface area contributed by atoms with Gasteiger partial charge in [-0.25, -0.2) is 9.59 Å². The minimum Gasteiger partial charge on any atom is -0.480 e. The molecule has 6 nitrogen and oxygen atoms in total. The number of carboxylic acid groups (broad SMARTS) is 1. The summed E-state index contributed by atoms with van der Waals surface area (Å²) in [6, 6.07) is 6.80. The number of anilines is 1. The molecule has 0 radical (unpaired) electrons. The highest BCUT2D eigenvalue weighted by molar-refractivity contribution is 5.90. The predicted octanol–water partition coefficient (Wildman–Crippen LogP) is 1.50. The van der Waals surface area contributed by atoms with Gasteiger partial charge in [-0.05, 0) is 18.6 Å². The fourth-order valence-corrected chi connectivity index (χ4v) is 1.71. The van der Waals surface area contributed by atoms with Crippen molar-refractivity contribution in [3.05, 3.63) is 24.3 Å². The van der Waals surface area contributed by atoms with E-state index in [0.717, 1.165) is 6.42 Å². The van der Waals surface area contributed by atoms with Crippen LogP contribution in [0.15, 0.2) is 24.3 Å². The summed E-state index contributed by atoms with van der Waals surface area (Å²) < 4.78 is 10.1. The Hall–Kier alpha value is -2.24. The average molecular weight is 251 g/mol. The van der Waals surface area contributed by atoms with E-state index in [9.17, 15) is 9.59 Å². The van der Waals surface area contributed by atoms with Crippen molar-refractivity contribution in [2.75, 3.05) is 24.7 Å². The van der Waals surface area contributed by atoms with Gasteiger partial charge >= 0.3 is 12.1 Å². The SMILES string of the molecule is O=C(O)COc1ccccc1N1CCCOC1=O. The molecule has 1 aliphatic rings. The summed E-state index contributed by atoms with van der Waals surface area (Å²) in [5.41, 5.74) is 0.531. The van der Waals surface area contributed by atoms with Crippen molar-refractivity contribution in [2.24, 2.45) is 0 Å². The second-order valence-electron chi connectivity index (χ2n) is 3.77. The van der Waals surface area contributed by atoms with Crippen molar-refractivity contribution >= 4 is 17.7 Å². The zero-order chi connectivity index (χ0) is 13.0. The third-order valence-corrected chi connectivity index (χ3v) is 2.48. The van der Waals surface area contributed by atoms with Crippen LogP contribution in [0.1, 0.15) is 6.42 Å². The minimum atomic E-state index is -1.06. The van der Waals surface area contributed by atoms with Crippen LogP contribution in [0.25, 0.3) is 0 Å². The summed E-state index contributed by atoms with van der Waals surface area (Å²) >= 11 is 0. The van der Waals surface area contributed by atoms with E-state index in [2.05, 4.69) is 0 Å². The fraction of sp³-hybridized carbons (Fsp3) is 0.333. The van der Waals surface area contributed by atoms with Gasteiger partial charge in [-0.2, -0.15) is 0 Å². The highest BCUT2D eigenvalue weighted by Crippen LogP contribution is 2.29. The van der Waals surface area contributed by atoms with E-state index >= 15 is 0 Å².